The minimum absolute atomic E-state index is 0.285. The molecule has 2 aromatic carbocycles. The van der Waals surface area contributed by atoms with Crippen LogP contribution in [0.4, 0.5) is 15.8 Å². The van der Waals surface area contributed by atoms with Crippen LogP contribution in [-0.2, 0) is 0 Å². The Bertz CT molecular complexity index is 1010. The molecule has 0 bridgehead atoms. The van der Waals surface area contributed by atoms with Gasteiger partial charge in [-0.15, -0.1) is 0 Å². The number of aliphatic imine (C=N–C) groups is 1. The van der Waals surface area contributed by atoms with Gasteiger partial charge in [-0.2, -0.15) is 0 Å². The Hall–Kier alpha value is -3.15. The highest BCUT2D eigenvalue weighted by molar-refractivity contribution is 6.03. The predicted octanol–water partition coefficient (Wildman–Crippen LogP) is 3.79. The first-order valence-electron chi connectivity index (χ1n) is 8.47. The molecule has 132 valence electrons. The van der Waals surface area contributed by atoms with E-state index in [2.05, 4.69) is 44.0 Å². The third-order valence-electron chi connectivity index (χ3n) is 4.49. The highest BCUT2D eigenvalue weighted by atomic mass is 19.1. The lowest BCUT2D eigenvalue weighted by molar-refractivity contribution is 0.629. The number of aromatic nitrogens is 2. The number of nitrogens with zero attached hydrogens (tertiary/aromatic N) is 5. The van der Waals surface area contributed by atoms with Gasteiger partial charge in [0.1, 0.15) is 11.6 Å². The van der Waals surface area contributed by atoms with Gasteiger partial charge in [-0.1, -0.05) is 0 Å². The summed E-state index contributed by atoms with van der Waals surface area (Å²) in [6.07, 6.45) is 3.78. The van der Waals surface area contributed by atoms with E-state index in [1.165, 1.54) is 12.1 Å². The highest BCUT2D eigenvalue weighted by Crippen LogP contribution is 2.25. The van der Waals surface area contributed by atoms with Crippen LogP contribution in [0, 0.1) is 12.7 Å². The number of halogens is 1. The Labute approximate surface area is 151 Å². The fraction of sp³-hybridized carbons (Fsp3) is 0.200. The smallest absolute Gasteiger partial charge is 0.216 e. The van der Waals surface area contributed by atoms with Crippen molar-refractivity contribution in [3.8, 4) is 0 Å². The Kier molecular flexibility index (Phi) is 3.95. The van der Waals surface area contributed by atoms with Crippen LogP contribution in [0.5, 0.6) is 0 Å². The van der Waals surface area contributed by atoms with Crippen molar-refractivity contribution in [1.29, 1.82) is 0 Å². The number of imidazole rings is 1. The Morgan fingerprint density at radius 2 is 1.85 bits per heavy atom. The van der Waals surface area contributed by atoms with Crippen LogP contribution in [0.3, 0.4) is 0 Å². The summed E-state index contributed by atoms with van der Waals surface area (Å²) in [7, 11) is 4.03. The van der Waals surface area contributed by atoms with Crippen molar-refractivity contribution in [1.82, 2.24) is 9.55 Å². The summed E-state index contributed by atoms with van der Waals surface area (Å²) in [5.74, 6) is 1.21. The first kappa shape index (κ1) is 16.3. The fourth-order valence-electron chi connectivity index (χ4n) is 3.17. The SMILES string of the molecule is Cc1nc2ccc(F)cc2n1C1=NC=CCN1c1ccc(N(C)C)cc1. The fourth-order valence-corrected chi connectivity index (χ4v) is 3.17. The van der Waals surface area contributed by atoms with E-state index in [0.717, 1.165) is 28.7 Å². The molecule has 0 N–H and O–H groups in total. The van der Waals surface area contributed by atoms with Crippen molar-refractivity contribution < 1.29 is 4.39 Å². The van der Waals surface area contributed by atoms with Gasteiger partial charge in [0.05, 0.1) is 11.0 Å². The molecule has 5 nitrogen and oxygen atoms in total. The Balaban J connectivity index is 1.82. The van der Waals surface area contributed by atoms with Gasteiger partial charge in [0.2, 0.25) is 5.96 Å². The quantitative estimate of drug-likeness (QED) is 0.706. The molecular formula is C20H20FN5. The molecule has 1 aromatic heterocycles. The summed E-state index contributed by atoms with van der Waals surface area (Å²) < 4.78 is 15.7. The van der Waals surface area contributed by atoms with Crippen LogP contribution in [0.15, 0.2) is 59.7 Å². The molecule has 0 saturated carbocycles. The molecular weight excluding hydrogens is 329 g/mol. The van der Waals surface area contributed by atoms with Crippen molar-refractivity contribution in [3.05, 3.63) is 66.4 Å². The second-order valence-corrected chi connectivity index (χ2v) is 6.46. The van der Waals surface area contributed by atoms with E-state index in [1.807, 2.05) is 31.7 Å². The van der Waals surface area contributed by atoms with Gasteiger partial charge in [-0.25, -0.2) is 14.4 Å². The van der Waals surface area contributed by atoms with Crippen molar-refractivity contribution in [3.63, 3.8) is 0 Å². The zero-order chi connectivity index (χ0) is 18.3. The molecule has 0 atom stereocenters. The number of fused-ring (bicyclic) bond motifs is 1. The molecule has 6 heteroatoms. The second-order valence-electron chi connectivity index (χ2n) is 6.46. The van der Waals surface area contributed by atoms with Crippen molar-refractivity contribution in [2.75, 3.05) is 30.4 Å². The predicted molar refractivity (Wildman–Crippen MR) is 105 cm³/mol. The Morgan fingerprint density at radius 3 is 2.58 bits per heavy atom. The molecule has 1 aliphatic heterocycles. The van der Waals surface area contributed by atoms with Crippen molar-refractivity contribution in [2.45, 2.75) is 6.92 Å². The summed E-state index contributed by atoms with van der Waals surface area (Å²) >= 11 is 0. The molecule has 0 unspecified atom stereocenters. The van der Waals surface area contributed by atoms with E-state index in [1.54, 1.807) is 12.3 Å². The third-order valence-corrected chi connectivity index (χ3v) is 4.49. The third kappa shape index (κ3) is 2.73. The monoisotopic (exact) mass is 349 g/mol. The van der Waals surface area contributed by atoms with Gasteiger partial charge < -0.3 is 9.80 Å². The van der Waals surface area contributed by atoms with Gasteiger partial charge in [-0.3, -0.25) is 4.57 Å². The zero-order valence-electron chi connectivity index (χ0n) is 15.0. The average Bonchev–Trinajstić information content (AvgIpc) is 2.96. The maximum absolute atomic E-state index is 13.8. The van der Waals surface area contributed by atoms with Crippen LogP contribution in [-0.4, -0.2) is 36.2 Å². The molecule has 0 radical (unpaired) electrons. The first-order valence-corrected chi connectivity index (χ1v) is 8.47. The first-order chi connectivity index (χ1) is 12.5. The lowest BCUT2D eigenvalue weighted by Crippen LogP contribution is -2.38. The lowest BCUT2D eigenvalue weighted by Gasteiger charge is -2.28. The minimum atomic E-state index is -0.285. The molecule has 0 spiro atoms. The number of hydrogen-bond donors (Lipinski definition) is 0. The summed E-state index contributed by atoms with van der Waals surface area (Å²) in [5, 5.41) is 0. The normalized spacial score (nSPS) is 14.0. The number of hydrogen-bond acceptors (Lipinski definition) is 4. The van der Waals surface area contributed by atoms with Crippen LogP contribution >= 0.6 is 0 Å². The number of anilines is 2. The minimum Gasteiger partial charge on any atom is -0.378 e. The highest BCUT2D eigenvalue weighted by Gasteiger charge is 2.21. The largest absolute Gasteiger partial charge is 0.378 e. The van der Waals surface area contributed by atoms with Gasteiger partial charge in [-0.05, 0) is 49.4 Å². The molecule has 4 rings (SSSR count). The van der Waals surface area contributed by atoms with E-state index in [9.17, 15) is 4.39 Å². The summed E-state index contributed by atoms with van der Waals surface area (Å²) in [6.45, 7) is 2.60. The molecule has 2 heterocycles. The van der Waals surface area contributed by atoms with Crippen LogP contribution in [0.25, 0.3) is 11.0 Å². The van der Waals surface area contributed by atoms with Gasteiger partial charge >= 0.3 is 0 Å². The summed E-state index contributed by atoms with van der Waals surface area (Å²) in [4.78, 5) is 13.3. The van der Waals surface area contributed by atoms with E-state index < -0.39 is 0 Å². The number of rotatable bonds is 2. The summed E-state index contributed by atoms with van der Waals surface area (Å²) in [5.41, 5.74) is 3.62. The van der Waals surface area contributed by atoms with Crippen LogP contribution < -0.4 is 9.80 Å². The molecule has 0 aliphatic carbocycles. The molecule has 0 fully saturated rings. The zero-order valence-corrected chi connectivity index (χ0v) is 15.0. The second kappa shape index (κ2) is 6.29. The van der Waals surface area contributed by atoms with Crippen LogP contribution in [0.1, 0.15) is 5.82 Å². The molecule has 0 amide bonds. The maximum atomic E-state index is 13.8. The molecule has 0 saturated heterocycles. The van der Waals surface area contributed by atoms with Crippen molar-refractivity contribution >= 4 is 28.4 Å². The lowest BCUT2D eigenvalue weighted by atomic mass is 10.2. The standard InChI is InChI=1S/C20H20FN5/c1-14-23-18-10-5-15(21)13-19(18)26(14)20-22-11-4-12-25(20)17-8-6-16(7-9-17)24(2)3/h4-11,13H,12H2,1-3H3. The summed E-state index contributed by atoms with van der Waals surface area (Å²) in [6, 6.07) is 12.9. The van der Waals surface area contributed by atoms with Gasteiger partial charge in [0.25, 0.3) is 0 Å². The maximum Gasteiger partial charge on any atom is 0.216 e. The number of benzene rings is 2. The van der Waals surface area contributed by atoms with E-state index in [4.69, 9.17) is 0 Å². The van der Waals surface area contributed by atoms with Gasteiger partial charge in [0.15, 0.2) is 0 Å². The average molecular weight is 349 g/mol. The van der Waals surface area contributed by atoms with Crippen molar-refractivity contribution in [2.24, 2.45) is 4.99 Å². The van der Waals surface area contributed by atoms with E-state index in [-0.39, 0.29) is 5.82 Å². The van der Waals surface area contributed by atoms with Gasteiger partial charge in [0, 0.05) is 44.3 Å². The van der Waals surface area contributed by atoms with E-state index in [0.29, 0.717) is 12.1 Å². The number of aryl methyl sites for hydroxylation is 1. The van der Waals surface area contributed by atoms with E-state index >= 15 is 0 Å². The topological polar surface area (TPSA) is 36.7 Å². The molecule has 26 heavy (non-hydrogen) atoms. The molecule has 3 aromatic rings. The molecule has 1 aliphatic rings. The Morgan fingerprint density at radius 1 is 1.08 bits per heavy atom. The van der Waals surface area contributed by atoms with Crippen LogP contribution in [0.2, 0.25) is 0 Å².